The van der Waals surface area contributed by atoms with Gasteiger partial charge in [0.25, 0.3) is 0 Å². The summed E-state index contributed by atoms with van der Waals surface area (Å²) >= 11 is 0. The number of unbranched alkanes of at least 4 members (excludes halogenated alkanes) is 12. The van der Waals surface area contributed by atoms with Crippen molar-refractivity contribution in [1.29, 1.82) is 0 Å². The van der Waals surface area contributed by atoms with Gasteiger partial charge in [-0.15, -0.1) is 0 Å². The van der Waals surface area contributed by atoms with Gasteiger partial charge in [-0.3, -0.25) is 0 Å². The summed E-state index contributed by atoms with van der Waals surface area (Å²) in [5.74, 6) is -0.269. The minimum absolute atomic E-state index is 0.115. The molecule has 0 unspecified atom stereocenters. The number of rotatable bonds is 20. The zero-order chi connectivity index (χ0) is 31.0. The van der Waals surface area contributed by atoms with Gasteiger partial charge in [-0.25, -0.2) is 9.59 Å². The number of aromatic hydroxyl groups is 2. The number of benzene rings is 1. The molecule has 0 aliphatic carbocycles. The molecule has 0 atom stereocenters. The molecule has 2 heterocycles. The first-order valence-electron chi connectivity index (χ1n) is 16.2. The molecule has 2 aromatic heterocycles. The number of methoxy groups -OCH3 is 1. The predicted molar refractivity (Wildman–Crippen MR) is 171 cm³/mol. The zero-order valence-electron chi connectivity index (χ0n) is 26.3. The second-order valence-corrected chi connectivity index (χ2v) is 11.5. The zero-order valence-corrected chi connectivity index (χ0v) is 26.3. The lowest BCUT2D eigenvalue weighted by Gasteiger charge is -2.19. The third-order valence-electron chi connectivity index (χ3n) is 8.11. The second-order valence-electron chi connectivity index (χ2n) is 11.5. The summed E-state index contributed by atoms with van der Waals surface area (Å²) < 4.78 is 16.6. The summed E-state index contributed by atoms with van der Waals surface area (Å²) in [4.78, 5) is 26.7. The number of hydrogen-bond acceptors (Lipinski definition) is 7. The Morgan fingerprint density at radius 1 is 0.628 bits per heavy atom. The van der Waals surface area contributed by atoms with Crippen molar-refractivity contribution < 1.29 is 23.8 Å². The minimum Gasteiger partial charge on any atom is -0.507 e. The lowest BCUT2D eigenvalue weighted by atomic mass is 9.85. The Morgan fingerprint density at radius 2 is 1.02 bits per heavy atom. The fraction of sp³-hybridized carbons (Fsp3) is 0.556. The van der Waals surface area contributed by atoms with Gasteiger partial charge in [-0.1, -0.05) is 103 Å². The molecule has 0 amide bonds. The van der Waals surface area contributed by atoms with Crippen molar-refractivity contribution in [2.45, 2.75) is 122 Å². The van der Waals surface area contributed by atoms with Gasteiger partial charge in [0, 0.05) is 25.0 Å². The van der Waals surface area contributed by atoms with E-state index < -0.39 is 17.2 Å². The molecular weight excluding hydrogens is 544 g/mol. The average molecular weight is 595 g/mol. The molecule has 2 N–H and O–H groups in total. The van der Waals surface area contributed by atoms with Gasteiger partial charge in [-0.05, 0) is 30.5 Å². The molecule has 0 saturated heterocycles. The van der Waals surface area contributed by atoms with Crippen LogP contribution in [-0.2, 0) is 12.8 Å². The summed E-state index contributed by atoms with van der Waals surface area (Å²) in [6.45, 7) is 4.39. The van der Waals surface area contributed by atoms with Gasteiger partial charge in [0.1, 0.15) is 28.8 Å². The third-order valence-corrected chi connectivity index (χ3v) is 8.11. The van der Waals surface area contributed by atoms with Crippen molar-refractivity contribution in [3.05, 3.63) is 85.4 Å². The van der Waals surface area contributed by atoms with E-state index in [0.29, 0.717) is 35.7 Å². The minimum atomic E-state index is -1.10. The van der Waals surface area contributed by atoms with E-state index >= 15 is 0 Å². The van der Waals surface area contributed by atoms with Crippen LogP contribution in [0.25, 0.3) is 0 Å². The van der Waals surface area contributed by atoms with Crippen molar-refractivity contribution in [1.82, 2.24) is 0 Å². The SMILES string of the molecule is CCCCCCCCCc1cc(O)c(C(c2ccc(OC)cc2)c2c(O)cc(CCCCCCCCC)oc2=O)c(=O)o1. The summed E-state index contributed by atoms with van der Waals surface area (Å²) in [6, 6.07) is 9.70. The highest BCUT2D eigenvalue weighted by Crippen LogP contribution is 2.38. The molecule has 43 heavy (non-hydrogen) atoms. The van der Waals surface area contributed by atoms with E-state index in [1.165, 1.54) is 63.5 Å². The van der Waals surface area contributed by atoms with Crippen LogP contribution in [0.3, 0.4) is 0 Å². The van der Waals surface area contributed by atoms with Crippen molar-refractivity contribution >= 4 is 0 Å². The van der Waals surface area contributed by atoms with E-state index in [1.807, 2.05) is 0 Å². The third kappa shape index (κ3) is 10.3. The Morgan fingerprint density at radius 3 is 1.40 bits per heavy atom. The highest BCUT2D eigenvalue weighted by atomic mass is 16.5. The highest BCUT2D eigenvalue weighted by molar-refractivity contribution is 5.51. The number of hydrogen-bond donors (Lipinski definition) is 2. The van der Waals surface area contributed by atoms with E-state index in [1.54, 1.807) is 31.4 Å². The van der Waals surface area contributed by atoms with E-state index in [0.717, 1.165) is 38.5 Å². The maximum absolute atomic E-state index is 13.4. The summed E-state index contributed by atoms with van der Waals surface area (Å²) in [5.41, 5.74) is -1.22. The Bertz CT molecular complexity index is 1270. The first-order chi connectivity index (χ1) is 20.9. The monoisotopic (exact) mass is 594 g/mol. The van der Waals surface area contributed by atoms with E-state index in [2.05, 4.69) is 13.8 Å². The largest absolute Gasteiger partial charge is 0.507 e. The van der Waals surface area contributed by atoms with Gasteiger partial charge in [-0.2, -0.15) is 0 Å². The molecular formula is C36H50O7. The molecule has 236 valence electrons. The van der Waals surface area contributed by atoms with Crippen LogP contribution in [0.15, 0.2) is 54.8 Å². The number of aryl methyl sites for hydroxylation is 2. The Kier molecular flexibility index (Phi) is 14.4. The highest BCUT2D eigenvalue weighted by Gasteiger charge is 2.31. The van der Waals surface area contributed by atoms with Crippen molar-refractivity contribution in [3.63, 3.8) is 0 Å². The molecule has 0 spiro atoms. The fourth-order valence-electron chi connectivity index (χ4n) is 5.64. The molecule has 0 aliphatic rings. The second kappa shape index (κ2) is 18.2. The summed E-state index contributed by atoms with van der Waals surface area (Å²) in [6.07, 6.45) is 16.8. The van der Waals surface area contributed by atoms with Crippen LogP contribution in [0.5, 0.6) is 17.2 Å². The molecule has 7 heteroatoms. The van der Waals surface area contributed by atoms with Crippen molar-refractivity contribution in [2.24, 2.45) is 0 Å². The van der Waals surface area contributed by atoms with Crippen LogP contribution in [0.1, 0.15) is 138 Å². The topological polar surface area (TPSA) is 110 Å². The molecule has 0 bridgehead atoms. The normalized spacial score (nSPS) is 11.3. The summed E-state index contributed by atoms with van der Waals surface area (Å²) in [7, 11) is 1.54. The van der Waals surface area contributed by atoms with Gasteiger partial charge in [0.05, 0.1) is 24.2 Å². The molecule has 3 aromatic rings. The van der Waals surface area contributed by atoms with Crippen LogP contribution in [0.2, 0.25) is 0 Å². The molecule has 7 nitrogen and oxygen atoms in total. The Labute approximate surface area is 255 Å². The quantitative estimate of drug-likeness (QED) is 0.126. The van der Waals surface area contributed by atoms with Gasteiger partial charge >= 0.3 is 11.3 Å². The van der Waals surface area contributed by atoms with Crippen LogP contribution >= 0.6 is 0 Å². The molecule has 3 rings (SSSR count). The lowest BCUT2D eigenvalue weighted by molar-refractivity contribution is 0.393. The van der Waals surface area contributed by atoms with E-state index in [4.69, 9.17) is 13.6 Å². The molecule has 0 aliphatic heterocycles. The predicted octanol–water partition coefficient (Wildman–Crippen LogP) is 8.78. The molecule has 1 aromatic carbocycles. The summed E-state index contributed by atoms with van der Waals surface area (Å²) in [5, 5.41) is 22.2. The van der Waals surface area contributed by atoms with Crippen LogP contribution < -0.4 is 16.0 Å². The smallest absolute Gasteiger partial charge is 0.343 e. The van der Waals surface area contributed by atoms with Gasteiger partial charge in [0.15, 0.2) is 0 Å². The van der Waals surface area contributed by atoms with Crippen LogP contribution in [0.4, 0.5) is 0 Å². The Balaban J connectivity index is 1.85. The average Bonchev–Trinajstić information content (AvgIpc) is 2.99. The number of ether oxygens (including phenoxy) is 1. The Hall–Kier alpha value is -3.48. The van der Waals surface area contributed by atoms with E-state index in [9.17, 15) is 19.8 Å². The first-order valence-corrected chi connectivity index (χ1v) is 16.2. The van der Waals surface area contributed by atoms with Crippen LogP contribution in [-0.4, -0.2) is 17.3 Å². The fourth-order valence-corrected chi connectivity index (χ4v) is 5.64. The maximum atomic E-state index is 13.4. The first kappa shape index (κ1) is 34.0. The van der Waals surface area contributed by atoms with Crippen molar-refractivity contribution in [3.8, 4) is 17.2 Å². The molecule has 0 fully saturated rings. The van der Waals surface area contributed by atoms with Gasteiger partial charge < -0.3 is 23.8 Å². The molecule has 0 radical (unpaired) electrons. The maximum Gasteiger partial charge on any atom is 0.343 e. The van der Waals surface area contributed by atoms with E-state index in [-0.39, 0.29) is 22.6 Å². The standard InChI is InChI=1S/C36H50O7/c1-4-6-8-10-12-14-16-18-28-24-30(37)33(35(39)42-28)32(26-20-22-27(41-3)23-21-26)34-31(38)25-29(43-36(34)40)19-17-15-13-11-9-7-5-2/h20-25,32,37-38H,4-19H2,1-3H3. The van der Waals surface area contributed by atoms with Crippen LogP contribution in [0, 0.1) is 0 Å². The van der Waals surface area contributed by atoms with Gasteiger partial charge in [0.2, 0.25) is 0 Å². The molecule has 0 saturated carbocycles. The lowest BCUT2D eigenvalue weighted by Crippen LogP contribution is -2.22. The van der Waals surface area contributed by atoms with Crippen molar-refractivity contribution in [2.75, 3.05) is 7.11 Å².